The number of carbonyl (C=O) groups excluding carboxylic acids is 1. The fourth-order valence-electron chi connectivity index (χ4n) is 2.73. The van der Waals surface area contributed by atoms with Gasteiger partial charge in [0, 0.05) is 19.2 Å². The minimum Gasteiger partial charge on any atom is -0.497 e. The van der Waals surface area contributed by atoms with Crippen LogP contribution in [0.15, 0.2) is 66.7 Å². The van der Waals surface area contributed by atoms with Gasteiger partial charge in [-0.05, 0) is 34.5 Å². The molecule has 3 aromatic rings. The lowest BCUT2D eigenvalue weighted by atomic mass is 10.0. The highest BCUT2D eigenvalue weighted by Gasteiger charge is 2.14. The number of rotatable bonds is 4. The van der Waals surface area contributed by atoms with Crippen LogP contribution in [0.4, 0.5) is 0 Å². The molecular formula is C20H19NO2. The smallest absolute Gasteiger partial charge is 0.254 e. The maximum Gasteiger partial charge on any atom is 0.254 e. The molecule has 0 aromatic heterocycles. The molecule has 3 nitrogen and oxygen atoms in total. The average Bonchev–Trinajstić information content (AvgIpc) is 2.60. The molecule has 3 heteroatoms. The van der Waals surface area contributed by atoms with Gasteiger partial charge in [-0.3, -0.25) is 4.79 Å². The van der Waals surface area contributed by atoms with E-state index in [9.17, 15) is 4.79 Å². The minimum atomic E-state index is 0.0182. The largest absolute Gasteiger partial charge is 0.497 e. The summed E-state index contributed by atoms with van der Waals surface area (Å²) >= 11 is 0. The Morgan fingerprint density at radius 1 is 1.00 bits per heavy atom. The van der Waals surface area contributed by atoms with Crippen molar-refractivity contribution in [2.24, 2.45) is 0 Å². The van der Waals surface area contributed by atoms with Crippen LogP contribution in [0.1, 0.15) is 15.9 Å². The van der Waals surface area contributed by atoms with Gasteiger partial charge in [-0.25, -0.2) is 0 Å². The summed E-state index contributed by atoms with van der Waals surface area (Å²) in [4.78, 5) is 14.5. The molecule has 0 unspecified atom stereocenters. The summed E-state index contributed by atoms with van der Waals surface area (Å²) in [5, 5.41) is 2.06. The second kappa shape index (κ2) is 6.53. The van der Waals surface area contributed by atoms with E-state index in [1.807, 2.05) is 73.8 Å². The number of nitrogens with zero attached hydrogens (tertiary/aromatic N) is 1. The Morgan fingerprint density at radius 2 is 1.74 bits per heavy atom. The van der Waals surface area contributed by atoms with Gasteiger partial charge < -0.3 is 9.64 Å². The summed E-state index contributed by atoms with van der Waals surface area (Å²) in [6, 6.07) is 21.6. The van der Waals surface area contributed by atoms with Crippen molar-refractivity contribution in [2.45, 2.75) is 6.54 Å². The Bertz CT molecular complexity index is 836. The topological polar surface area (TPSA) is 29.5 Å². The zero-order valence-corrected chi connectivity index (χ0v) is 13.3. The molecule has 0 atom stereocenters. The third kappa shape index (κ3) is 3.19. The van der Waals surface area contributed by atoms with E-state index >= 15 is 0 Å². The first-order valence-corrected chi connectivity index (χ1v) is 7.55. The fraction of sp³-hybridized carbons (Fsp3) is 0.150. The molecule has 3 aromatic carbocycles. The van der Waals surface area contributed by atoms with Gasteiger partial charge in [0.05, 0.1) is 7.11 Å². The van der Waals surface area contributed by atoms with Crippen molar-refractivity contribution in [3.63, 3.8) is 0 Å². The second-order valence-electron chi connectivity index (χ2n) is 5.54. The molecule has 0 fully saturated rings. The lowest BCUT2D eigenvalue weighted by Gasteiger charge is -2.19. The molecule has 0 spiro atoms. The predicted octanol–water partition coefficient (Wildman–Crippen LogP) is 4.12. The average molecular weight is 305 g/mol. The minimum absolute atomic E-state index is 0.0182. The van der Waals surface area contributed by atoms with E-state index in [1.165, 1.54) is 0 Å². The summed E-state index contributed by atoms with van der Waals surface area (Å²) in [6.07, 6.45) is 0. The third-order valence-electron chi connectivity index (χ3n) is 3.92. The molecule has 0 saturated carbocycles. The van der Waals surface area contributed by atoms with E-state index in [1.54, 1.807) is 12.0 Å². The van der Waals surface area contributed by atoms with Crippen molar-refractivity contribution >= 4 is 16.7 Å². The zero-order valence-electron chi connectivity index (χ0n) is 13.3. The highest BCUT2D eigenvalue weighted by molar-refractivity contribution is 6.06. The normalized spacial score (nSPS) is 10.5. The SMILES string of the molecule is COc1cccc(CN(C)C(=O)c2cccc3ccccc23)c1. The second-order valence-corrected chi connectivity index (χ2v) is 5.54. The fourth-order valence-corrected chi connectivity index (χ4v) is 2.73. The lowest BCUT2D eigenvalue weighted by molar-refractivity contribution is 0.0787. The van der Waals surface area contributed by atoms with E-state index in [4.69, 9.17) is 4.74 Å². The monoisotopic (exact) mass is 305 g/mol. The summed E-state index contributed by atoms with van der Waals surface area (Å²) in [5.41, 5.74) is 1.77. The van der Waals surface area contributed by atoms with Gasteiger partial charge in [-0.2, -0.15) is 0 Å². The molecular weight excluding hydrogens is 286 g/mol. The van der Waals surface area contributed by atoms with Crippen molar-refractivity contribution in [1.29, 1.82) is 0 Å². The van der Waals surface area contributed by atoms with Crippen molar-refractivity contribution in [1.82, 2.24) is 4.90 Å². The van der Waals surface area contributed by atoms with Crippen molar-refractivity contribution in [3.8, 4) is 5.75 Å². The van der Waals surface area contributed by atoms with Crippen LogP contribution in [0.2, 0.25) is 0 Å². The van der Waals surface area contributed by atoms with Crippen LogP contribution in [0.3, 0.4) is 0 Å². The molecule has 3 rings (SSSR count). The first-order chi connectivity index (χ1) is 11.2. The van der Waals surface area contributed by atoms with Crippen LogP contribution >= 0.6 is 0 Å². The van der Waals surface area contributed by atoms with Crippen LogP contribution in [0, 0.1) is 0 Å². The molecule has 0 radical (unpaired) electrons. The third-order valence-corrected chi connectivity index (χ3v) is 3.92. The molecule has 23 heavy (non-hydrogen) atoms. The van der Waals surface area contributed by atoms with Gasteiger partial charge in [0.15, 0.2) is 0 Å². The number of benzene rings is 3. The van der Waals surface area contributed by atoms with E-state index in [-0.39, 0.29) is 5.91 Å². The van der Waals surface area contributed by atoms with E-state index < -0.39 is 0 Å². The Hall–Kier alpha value is -2.81. The zero-order chi connectivity index (χ0) is 16.2. The molecule has 1 amide bonds. The predicted molar refractivity (Wildman–Crippen MR) is 92.7 cm³/mol. The highest BCUT2D eigenvalue weighted by Crippen LogP contribution is 2.21. The Balaban J connectivity index is 1.86. The summed E-state index contributed by atoms with van der Waals surface area (Å²) in [5.74, 6) is 0.818. The van der Waals surface area contributed by atoms with Gasteiger partial charge in [0.25, 0.3) is 5.91 Å². The molecule has 116 valence electrons. The van der Waals surface area contributed by atoms with Gasteiger partial charge in [-0.1, -0.05) is 48.5 Å². The maximum atomic E-state index is 12.8. The molecule has 0 bridgehead atoms. The van der Waals surface area contributed by atoms with Crippen LogP contribution in [-0.2, 0) is 6.54 Å². The Kier molecular flexibility index (Phi) is 4.29. The molecule has 0 saturated heterocycles. The number of carbonyl (C=O) groups is 1. The standard InChI is InChI=1S/C20H19NO2/c1-21(14-15-7-5-10-17(13-15)23-2)20(22)19-12-6-9-16-8-3-4-11-18(16)19/h3-13H,14H2,1-2H3. The number of hydrogen-bond acceptors (Lipinski definition) is 2. The summed E-state index contributed by atoms with van der Waals surface area (Å²) < 4.78 is 5.24. The number of fused-ring (bicyclic) bond motifs is 1. The van der Waals surface area contributed by atoms with Gasteiger partial charge in [0.2, 0.25) is 0 Å². The van der Waals surface area contributed by atoms with E-state index in [2.05, 4.69) is 0 Å². The van der Waals surface area contributed by atoms with Crippen LogP contribution in [0.5, 0.6) is 5.75 Å². The van der Waals surface area contributed by atoms with Crippen molar-refractivity contribution in [3.05, 3.63) is 77.9 Å². The van der Waals surface area contributed by atoms with Crippen LogP contribution in [0.25, 0.3) is 10.8 Å². The van der Waals surface area contributed by atoms with Gasteiger partial charge in [-0.15, -0.1) is 0 Å². The van der Waals surface area contributed by atoms with Crippen LogP contribution < -0.4 is 4.74 Å². The number of hydrogen-bond donors (Lipinski definition) is 0. The van der Waals surface area contributed by atoms with Crippen molar-refractivity contribution < 1.29 is 9.53 Å². The molecule has 0 heterocycles. The molecule has 0 N–H and O–H groups in total. The number of amides is 1. The first kappa shape index (κ1) is 15.1. The highest BCUT2D eigenvalue weighted by atomic mass is 16.5. The molecule has 0 aliphatic heterocycles. The molecule has 0 aliphatic carbocycles. The Labute approximate surface area is 136 Å². The van der Waals surface area contributed by atoms with E-state index in [0.717, 1.165) is 27.6 Å². The Morgan fingerprint density at radius 3 is 2.57 bits per heavy atom. The van der Waals surface area contributed by atoms with Crippen molar-refractivity contribution in [2.75, 3.05) is 14.2 Å². The first-order valence-electron chi connectivity index (χ1n) is 7.55. The number of methoxy groups -OCH3 is 1. The molecule has 0 aliphatic rings. The summed E-state index contributed by atoms with van der Waals surface area (Å²) in [6.45, 7) is 0.541. The lowest BCUT2D eigenvalue weighted by Crippen LogP contribution is -2.26. The van der Waals surface area contributed by atoms with E-state index in [0.29, 0.717) is 6.54 Å². The number of ether oxygens (including phenoxy) is 1. The quantitative estimate of drug-likeness (QED) is 0.725. The summed E-state index contributed by atoms with van der Waals surface area (Å²) in [7, 11) is 3.47. The maximum absolute atomic E-state index is 12.8. The van der Waals surface area contributed by atoms with Crippen LogP contribution in [-0.4, -0.2) is 25.0 Å². The van der Waals surface area contributed by atoms with Gasteiger partial charge in [0.1, 0.15) is 5.75 Å². The van der Waals surface area contributed by atoms with Gasteiger partial charge >= 0.3 is 0 Å².